The molecule has 1 fully saturated rings. The summed E-state index contributed by atoms with van der Waals surface area (Å²) in [5.41, 5.74) is 4.78. The number of carboxylic acid groups (broad SMARTS) is 1. The minimum atomic E-state index is -1.14. The summed E-state index contributed by atoms with van der Waals surface area (Å²) in [7, 11) is 0. The highest BCUT2D eigenvalue weighted by Crippen LogP contribution is 2.40. The van der Waals surface area contributed by atoms with Crippen LogP contribution < -0.4 is 5.73 Å². The van der Waals surface area contributed by atoms with Crippen molar-refractivity contribution in [3.63, 3.8) is 0 Å². The van der Waals surface area contributed by atoms with Crippen LogP contribution in [0.25, 0.3) is 0 Å². The normalized spacial score (nSPS) is 19.1. The van der Waals surface area contributed by atoms with Gasteiger partial charge in [0.05, 0.1) is 0 Å². The van der Waals surface area contributed by atoms with Crippen molar-refractivity contribution < 1.29 is 9.90 Å². The molecule has 3 N–H and O–H groups in total. The third kappa shape index (κ3) is 2.33. The van der Waals surface area contributed by atoms with Gasteiger partial charge in [0.1, 0.15) is 5.54 Å². The maximum Gasteiger partial charge on any atom is 0.324 e. The van der Waals surface area contributed by atoms with Crippen LogP contribution in [0, 0.1) is 5.92 Å². The van der Waals surface area contributed by atoms with Crippen LogP contribution in [0.1, 0.15) is 12.8 Å². The molecule has 0 aliphatic heterocycles. The van der Waals surface area contributed by atoms with Gasteiger partial charge in [-0.3, -0.25) is 4.79 Å². The van der Waals surface area contributed by atoms with Gasteiger partial charge < -0.3 is 10.8 Å². The lowest BCUT2D eigenvalue weighted by Gasteiger charge is -2.23. The minimum absolute atomic E-state index is 0.0983. The van der Waals surface area contributed by atoms with Crippen molar-refractivity contribution in [2.75, 3.05) is 5.75 Å². The second-order valence-electron chi connectivity index (χ2n) is 3.94. The molecule has 0 saturated heterocycles. The van der Waals surface area contributed by atoms with E-state index in [4.69, 9.17) is 10.8 Å². The fraction of sp³-hybridized carbons (Fsp3) is 0.500. The summed E-state index contributed by atoms with van der Waals surface area (Å²) in [4.78, 5) is 19.2. The molecule has 0 aromatic carbocycles. The van der Waals surface area contributed by atoms with Gasteiger partial charge in [0.2, 0.25) is 0 Å². The van der Waals surface area contributed by atoms with E-state index in [9.17, 15) is 4.79 Å². The summed E-state index contributed by atoms with van der Waals surface area (Å²) >= 11 is 1.30. The van der Waals surface area contributed by atoms with Gasteiger partial charge in [-0.15, -0.1) is 0 Å². The molecular weight excluding hydrogens is 226 g/mol. The average Bonchev–Trinajstić information content (AvgIpc) is 3.11. The van der Waals surface area contributed by atoms with Gasteiger partial charge in [-0.05, 0) is 24.8 Å². The maximum absolute atomic E-state index is 11.1. The lowest BCUT2D eigenvalue weighted by molar-refractivity contribution is -0.143. The smallest absolute Gasteiger partial charge is 0.324 e. The summed E-state index contributed by atoms with van der Waals surface area (Å²) in [5, 5.41) is 9.71. The largest absolute Gasteiger partial charge is 0.480 e. The number of aromatic nitrogens is 2. The van der Waals surface area contributed by atoms with Crippen molar-refractivity contribution >= 4 is 17.7 Å². The van der Waals surface area contributed by atoms with Crippen LogP contribution in [0.4, 0.5) is 0 Å². The van der Waals surface area contributed by atoms with E-state index in [-0.39, 0.29) is 5.92 Å². The molecule has 1 heterocycles. The second kappa shape index (κ2) is 4.39. The molecule has 1 saturated carbocycles. The Bertz CT molecular complexity index is 383. The number of nitrogens with two attached hydrogens (primary N) is 1. The lowest BCUT2D eigenvalue weighted by Crippen LogP contribution is -2.52. The first-order chi connectivity index (χ1) is 7.63. The van der Waals surface area contributed by atoms with E-state index >= 15 is 0 Å². The SMILES string of the molecule is NC(CSc1ncccn1)(C(=O)O)C1CC1. The Labute approximate surface area is 97.5 Å². The third-order valence-electron chi connectivity index (χ3n) is 2.69. The highest BCUT2D eigenvalue weighted by Gasteiger charge is 2.48. The molecule has 1 unspecified atom stereocenters. The second-order valence-corrected chi connectivity index (χ2v) is 4.88. The molecule has 0 spiro atoms. The van der Waals surface area contributed by atoms with Gasteiger partial charge in [-0.25, -0.2) is 9.97 Å². The molecular formula is C10H13N3O2S. The van der Waals surface area contributed by atoms with Gasteiger partial charge in [0, 0.05) is 18.1 Å². The van der Waals surface area contributed by atoms with Gasteiger partial charge >= 0.3 is 5.97 Å². The number of hydrogen-bond donors (Lipinski definition) is 2. The Morgan fingerprint density at radius 2 is 2.19 bits per heavy atom. The molecule has 0 radical (unpaired) electrons. The van der Waals surface area contributed by atoms with E-state index in [0.717, 1.165) is 12.8 Å². The molecule has 6 heteroatoms. The van der Waals surface area contributed by atoms with E-state index in [2.05, 4.69) is 9.97 Å². The quantitative estimate of drug-likeness (QED) is 0.582. The highest BCUT2D eigenvalue weighted by molar-refractivity contribution is 7.99. The average molecular weight is 239 g/mol. The molecule has 16 heavy (non-hydrogen) atoms. The molecule has 0 amide bonds. The number of carbonyl (C=O) groups is 1. The monoisotopic (exact) mass is 239 g/mol. The van der Waals surface area contributed by atoms with Crippen LogP contribution in [0.2, 0.25) is 0 Å². The zero-order valence-electron chi connectivity index (χ0n) is 8.67. The Hall–Kier alpha value is -1.14. The molecule has 1 aromatic rings. The summed E-state index contributed by atoms with van der Waals surface area (Å²) in [6.45, 7) is 0. The van der Waals surface area contributed by atoms with Crippen LogP contribution >= 0.6 is 11.8 Å². The molecule has 1 aliphatic rings. The molecule has 5 nitrogen and oxygen atoms in total. The molecule has 86 valence electrons. The molecule has 1 atom stereocenters. The van der Waals surface area contributed by atoms with E-state index in [1.54, 1.807) is 18.5 Å². The number of carboxylic acids is 1. The number of hydrogen-bond acceptors (Lipinski definition) is 5. The molecule has 2 rings (SSSR count). The van der Waals surface area contributed by atoms with Crippen LogP contribution in [-0.2, 0) is 4.79 Å². The van der Waals surface area contributed by atoms with Crippen molar-refractivity contribution in [2.45, 2.75) is 23.5 Å². The zero-order chi connectivity index (χ0) is 11.6. The van der Waals surface area contributed by atoms with Crippen molar-refractivity contribution in [2.24, 2.45) is 11.7 Å². The zero-order valence-corrected chi connectivity index (χ0v) is 9.48. The first-order valence-electron chi connectivity index (χ1n) is 5.05. The van der Waals surface area contributed by atoms with Gasteiger partial charge in [-0.1, -0.05) is 11.8 Å². The highest BCUT2D eigenvalue weighted by atomic mass is 32.2. The van der Waals surface area contributed by atoms with Crippen LogP contribution in [0.5, 0.6) is 0 Å². The molecule has 1 aliphatic carbocycles. The summed E-state index contributed by atoms with van der Waals surface area (Å²) in [5.74, 6) is -0.517. The van der Waals surface area contributed by atoms with Gasteiger partial charge in [0.15, 0.2) is 5.16 Å². The lowest BCUT2D eigenvalue weighted by atomic mass is 9.98. The third-order valence-corrected chi connectivity index (χ3v) is 3.78. The topological polar surface area (TPSA) is 89.1 Å². The summed E-state index contributed by atoms with van der Waals surface area (Å²) in [6.07, 6.45) is 5.06. The van der Waals surface area contributed by atoms with E-state index < -0.39 is 11.5 Å². The number of aliphatic carboxylic acids is 1. The van der Waals surface area contributed by atoms with E-state index in [1.165, 1.54) is 11.8 Å². The fourth-order valence-electron chi connectivity index (χ4n) is 1.50. The Morgan fingerprint density at radius 3 is 2.69 bits per heavy atom. The Balaban J connectivity index is 2.00. The summed E-state index contributed by atoms with van der Waals surface area (Å²) in [6, 6.07) is 1.72. The number of nitrogens with zero attached hydrogens (tertiary/aromatic N) is 2. The first-order valence-corrected chi connectivity index (χ1v) is 6.03. The maximum atomic E-state index is 11.1. The van der Waals surface area contributed by atoms with Crippen molar-refractivity contribution in [3.05, 3.63) is 18.5 Å². The predicted octanol–water partition coefficient (Wildman–Crippen LogP) is 0.761. The van der Waals surface area contributed by atoms with E-state index in [0.29, 0.717) is 10.9 Å². The van der Waals surface area contributed by atoms with Crippen LogP contribution in [0.15, 0.2) is 23.6 Å². The Morgan fingerprint density at radius 1 is 1.56 bits per heavy atom. The van der Waals surface area contributed by atoms with Crippen LogP contribution in [-0.4, -0.2) is 32.3 Å². The van der Waals surface area contributed by atoms with Crippen LogP contribution in [0.3, 0.4) is 0 Å². The van der Waals surface area contributed by atoms with Gasteiger partial charge in [-0.2, -0.15) is 0 Å². The minimum Gasteiger partial charge on any atom is -0.480 e. The summed E-state index contributed by atoms with van der Waals surface area (Å²) < 4.78 is 0. The number of thioether (sulfide) groups is 1. The van der Waals surface area contributed by atoms with Crippen molar-refractivity contribution in [1.82, 2.24) is 9.97 Å². The number of rotatable bonds is 5. The van der Waals surface area contributed by atoms with E-state index in [1.807, 2.05) is 0 Å². The molecule has 1 aromatic heterocycles. The standard InChI is InChI=1S/C10H13N3O2S/c11-10(8(14)15,7-2-3-7)6-16-9-12-4-1-5-13-9/h1,4-5,7H,2-3,6,11H2,(H,14,15). The van der Waals surface area contributed by atoms with Gasteiger partial charge in [0.25, 0.3) is 0 Å². The predicted molar refractivity (Wildman–Crippen MR) is 60.0 cm³/mol. The van der Waals surface area contributed by atoms with Crippen molar-refractivity contribution in [3.8, 4) is 0 Å². The first kappa shape index (κ1) is 11.3. The molecule has 0 bridgehead atoms. The van der Waals surface area contributed by atoms with Crippen molar-refractivity contribution in [1.29, 1.82) is 0 Å². The Kier molecular flexibility index (Phi) is 3.11. The fourth-order valence-corrected chi connectivity index (χ4v) is 2.49.